The molecule has 0 radical (unpaired) electrons. The Balaban J connectivity index is 1.70. The van der Waals surface area contributed by atoms with Crippen LogP contribution in [0.1, 0.15) is 19.4 Å². The highest BCUT2D eigenvalue weighted by atomic mass is 16.6. The molecule has 0 aliphatic carbocycles. The molecule has 2 fully saturated rings. The van der Waals surface area contributed by atoms with Crippen molar-refractivity contribution in [2.24, 2.45) is 17.8 Å². The maximum atomic E-state index is 13.9. The molecule has 10 nitrogen and oxygen atoms in total. The Hall–Kier alpha value is -3.79. The molecule has 3 aliphatic rings. The third-order valence-electron chi connectivity index (χ3n) is 6.89. The van der Waals surface area contributed by atoms with E-state index >= 15 is 0 Å². The fourth-order valence-electron chi connectivity index (χ4n) is 5.47. The van der Waals surface area contributed by atoms with Gasteiger partial charge in [0.15, 0.2) is 0 Å². The number of nitro groups is 1. The number of anilines is 2. The van der Waals surface area contributed by atoms with Gasteiger partial charge in [-0.2, -0.15) is 0 Å². The number of para-hydroxylation sites is 1. The van der Waals surface area contributed by atoms with Gasteiger partial charge in [-0.3, -0.25) is 29.8 Å². The maximum Gasteiger partial charge on any atom is 0.271 e. The first kappa shape index (κ1) is 21.1. The van der Waals surface area contributed by atoms with E-state index in [9.17, 15) is 24.5 Å². The zero-order chi connectivity index (χ0) is 23.7. The first-order valence-electron chi connectivity index (χ1n) is 10.6. The highest BCUT2D eigenvalue weighted by molar-refractivity contribution is 6.26. The van der Waals surface area contributed by atoms with Gasteiger partial charge in [0.2, 0.25) is 17.7 Å². The monoisotopic (exact) mass is 450 g/mol. The van der Waals surface area contributed by atoms with Crippen molar-refractivity contribution in [1.29, 1.82) is 0 Å². The minimum absolute atomic E-state index is 0.000413. The second kappa shape index (κ2) is 7.11. The summed E-state index contributed by atoms with van der Waals surface area (Å²) < 4.78 is 5.32. The van der Waals surface area contributed by atoms with Crippen LogP contribution in [0.3, 0.4) is 0 Å². The number of hydrogen-bond acceptors (Lipinski definition) is 7. The number of methoxy groups -OCH3 is 1. The Bertz CT molecular complexity index is 1230. The highest BCUT2D eigenvalue weighted by Gasteiger charge is 2.71. The lowest BCUT2D eigenvalue weighted by atomic mass is 9.76. The molecule has 0 aromatic heterocycles. The van der Waals surface area contributed by atoms with Crippen molar-refractivity contribution in [1.82, 2.24) is 5.32 Å². The third kappa shape index (κ3) is 2.67. The van der Waals surface area contributed by atoms with E-state index in [-0.39, 0.29) is 23.0 Å². The molecule has 0 saturated carbocycles. The lowest BCUT2D eigenvalue weighted by Crippen LogP contribution is -2.54. The zero-order valence-electron chi connectivity index (χ0n) is 18.2. The average Bonchev–Trinajstić information content (AvgIpc) is 3.38. The van der Waals surface area contributed by atoms with Crippen LogP contribution in [0.25, 0.3) is 0 Å². The quantitative estimate of drug-likeness (QED) is 0.415. The number of amides is 3. The molecule has 1 spiro atoms. The highest BCUT2D eigenvalue weighted by Crippen LogP contribution is 2.55. The number of carbonyl (C=O) groups is 3. The number of ether oxygens (including phenoxy) is 1. The topological polar surface area (TPSA) is 131 Å². The van der Waals surface area contributed by atoms with Crippen molar-refractivity contribution in [3.05, 3.63) is 58.1 Å². The van der Waals surface area contributed by atoms with Gasteiger partial charge in [-0.05, 0) is 18.1 Å². The van der Waals surface area contributed by atoms with Crippen molar-refractivity contribution < 1.29 is 24.0 Å². The number of benzene rings is 2. The third-order valence-corrected chi connectivity index (χ3v) is 6.89. The molecule has 3 amide bonds. The molecule has 5 rings (SSSR count). The molecule has 2 aromatic carbocycles. The number of imide groups is 1. The Morgan fingerprint density at radius 3 is 2.52 bits per heavy atom. The van der Waals surface area contributed by atoms with Crippen LogP contribution in [0.2, 0.25) is 0 Å². The number of carbonyl (C=O) groups excluding carboxylic acids is 3. The van der Waals surface area contributed by atoms with Gasteiger partial charge in [0, 0.05) is 29.4 Å². The van der Waals surface area contributed by atoms with Gasteiger partial charge >= 0.3 is 0 Å². The number of rotatable bonds is 4. The lowest BCUT2D eigenvalue weighted by molar-refractivity contribution is -0.384. The van der Waals surface area contributed by atoms with E-state index in [1.54, 1.807) is 24.3 Å². The predicted molar refractivity (Wildman–Crippen MR) is 118 cm³/mol. The number of fused-ring (bicyclic) bond motifs is 4. The molecular formula is C23H22N4O6. The van der Waals surface area contributed by atoms with Crippen LogP contribution < -0.4 is 20.3 Å². The summed E-state index contributed by atoms with van der Waals surface area (Å²) in [6, 6.07) is 10.4. The molecule has 2 saturated heterocycles. The minimum atomic E-state index is -1.41. The summed E-state index contributed by atoms with van der Waals surface area (Å²) in [5.41, 5.74) is -0.487. The zero-order valence-corrected chi connectivity index (χ0v) is 18.2. The number of nitrogens with one attached hydrogen (secondary N) is 2. The van der Waals surface area contributed by atoms with Gasteiger partial charge in [0.1, 0.15) is 17.0 Å². The van der Waals surface area contributed by atoms with E-state index in [0.717, 1.165) is 11.0 Å². The lowest BCUT2D eigenvalue weighted by Gasteiger charge is -2.30. The molecule has 3 aliphatic heterocycles. The van der Waals surface area contributed by atoms with E-state index in [1.807, 2.05) is 13.8 Å². The number of hydrogen-bond donors (Lipinski definition) is 2. The fraction of sp³-hybridized carbons (Fsp3) is 0.348. The van der Waals surface area contributed by atoms with E-state index in [0.29, 0.717) is 11.3 Å². The van der Waals surface area contributed by atoms with Crippen molar-refractivity contribution >= 4 is 34.8 Å². The molecule has 0 bridgehead atoms. The number of nitrogens with zero attached hydrogens (tertiary/aromatic N) is 2. The van der Waals surface area contributed by atoms with Crippen LogP contribution >= 0.6 is 0 Å². The second-order valence-corrected chi connectivity index (χ2v) is 8.85. The van der Waals surface area contributed by atoms with Gasteiger partial charge in [-0.25, -0.2) is 4.90 Å². The van der Waals surface area contributed by atoms with Crippen LogP contribution in [0.15, 0.2) is 42.5 Å². The summed E-state index contributed by atoms with van der Waals surface area (Å²) in [6.45, 7) is 3.84. The Morgan fingerprint density at radius 1 is 1.12 bits per heavy atom. The summed E-state index contributed by atoms with van der Waals surface area (Å²) in [5.74, 6) is -3.24. The largest absolute Gasteiger partial charge is 0.495 e. The van der Waals surface area contributed by atoms with Crippen LogP contribution in [-0.2, 0) is 19.9 Å². The summed E-state index contributed by atoms with van der Waals surface area (Å²) in [6.07, 6.45) is 0. The first-order valence-corrected chi connectivity index (χ1v) is 10.6. The van der Waals surface area contributed by atoms with Gasteiger partial charge < -0.3 is 10.1 Å². The molecule has 0 unspecified atom stereocenters. The van der Waals surface area contributed by atoms with Crippen molar-refractivity contribution in [3.63, 3.8) is 0 Å². The smallest absolute Gasteiger partial charge is 0.271 e. The molecule has 2 N–H and O–H groups in total. The van der Waals surface area contributed by atoms with Gasteiger partial charge in [0.25, 0.3) is 5.69 Å². The van der Waals surface area contributed by atoms with Crippen molar-refractivity contribution in [3.8, 4) is 5.75 Å². The molecule has 3 heterocycles. The Kier molecular flexibility index (Phi) is 4.54. The SMILES string of the molecule is COc1ccc([N+](=O)[O-])cc1N1C(=O)[C@H]2[C@@H](C1=O)[C@]1(N[C@H]2C(C)C)C(=O)Nc2ccccc21. The summed E-state index contributed by atoms with van der Waals surface area (Å²) >= 11 is 0. The first-order chi connectivity index (χ1) is 15.7. The second-order valence-electron chi connectivity index (χ2n) is 8.85. The Labute approximate surface area is 189 Å². The number of nitro benzene ring substituents is 1. The normalized spacial score (nSPS) is 27.8. The fourth-order valence-corrected chi connectivity index (χ4v) is 5.47. The van der Waals surface area contributed by atoms with Crippen LogP contribution in [0.4, 0.5) is 17.1 Å². The van der Waals surface area contributed by atoms with E-state index < -0.39 is 46.1 Å². The predicted octanol–water partition coefficient (Wildman–Crippen LogP) is 2.18. The molecule has 170 valence electrons. The van der Waals surface area contributed by atoms with Crippen molar-refractivity contribution in [2.45, 2.75) is 25.4 Å². The van der Waals surface area contributed by atoms with Crippen molar-refractivity contribution in [2.75, 3.05) is 17.3 Å². The standard InChI is InChI=1S/C23H22N4O6/c1-11(2)19-17-18(23(25-19)13-6-4-5-7-14(13)24-22(23)30)21(29)26(20(17)28)15-10-12(27(31)32)8-9-16(15)33-3/h4-11,17-19,25H,1-3H3,(H,24,30)/t17-,18-,19-,23-/m0/s1. The molecule has 4 atom stereocenters. The van der Waals surface area contributed by atoms with Crippen LogP contribution in [0, 0.1) is 27.9 Å². The molecular weight excluding hydrogens is 428 g/mol. The number of non-ortho nitro benzene ring substituents is 1. The summed E-state index contributed by atoms with van der Waals surface area (Å²) in [5, 5.41) is 17.6. The van der Waals surface area contributed by atoms with E-state index in [2.05, 4.69) is 10.6 Å². The van der Waals surface area contributed by atoms with E-state index in [1.165, 1.54) is 19.2 Å². The van der Waals surface area contributed by atoms with Gasteiger partial charge in [0.05, 0.1) is 23.9 Å². The van der Waals surface area contributed by atoms with Crippen LogP contribution in [-0.4, -0.2) is 35.8 Å². The van der Waals surface area contributed by atoms with E-state index in [4.69, 9.17) is 4.74 Å². The summed E-state index contributed by atoms with van der Waals surface area (Å²) in [4.78, 5) is 52.7. The molecule has 33 heavy (non-hydrogen) atoms. The Morgan fingerprint density at radius 2 is 1.85 bits per heavy atom. The maximum absolute atomic E-state index is 13.9. The summed E-state index contributed by atoms with van der Waals surface area (Å²) in [7, 11) is 1.36. The van der Waals surface area contributed by atoms with Gasteiger partial charge in [-0.1, -0.05) is 32.0 Å². The van der Waals surface area contributed by atoms with Gasteiger partial charge in [-0.15, -0.1) is 0 Å². The average molecular weight is 450 g/mol. The molecule has 2 aromatic rings. The molecule has 10 heteroatoms. The van der Waals surface area contributed by atoms with Crippen LogP contribution in [0.5, 0.6) is 5.75 Å². The minimum Gasteiger partial charge on any atom is -0.495 e.